The van der Waals surface area contributed by atoms with E-state index >= 15 is 0 Å². The Bertz CT molecular complexity index is 231. The van der Waals surface area contributed by atoms with Gasteiger partial charge in [0.2, 0.25) is 0 Å². The highest BCUT2D eigenvalue weighted by molar-refractivity contribution is 5.81. The molecule has 106 valence electrons. The highest BCUT2D eigenvalue weighted by Crippen LogP contribution is 1.94. The number of carbonyl (C=O) groups excluding carboxylic acids is 1. The Morgan fingerprint density at radius 1 is 1.17 bits per heavy atom. The summed E-state index contributed by atoms with van der Waals surface area (Å²) in [4.78, 5) is 13.3. The van der Waals surface area contributed by atoms with E-state index in [2.05, 4.69) is 4.90 Å². The molecular formula is C13H25NO4. The summed E-state index contributed by atoms with van der Waals surface area (Å²) in [5.41, 5.74) is 0. The molecule has 0 amide bonds. The van der Waals surface area contributed by atoms with Crippen LogP contribution in [0.4, 0.5) is 0 Å². The molecule has 0 atom stereocenters. The normalized spacial score (nSPS) is 11.3. The van der Waals surface area contributed by atoms with Crippen LogP contribution in [0.5, 0.6) is 0 Å². The zero-order valence-corrected chi connectivity index (χ0v) is 11.7. The van der Waals surface area contributed by atoms with Crippen molar-refractivity contribution >= 4 is 5.97 Å². The molecule has 0 unspecified atom stereocenters. The molecule has 5 heteroatoms. The van der Waals surface area contributed by atoms with E-state index in [1.54, 1.807) is 21.1 Å². The Morgan fingerprint density at radius 2 is 1.89 bits per heavy atom. The van der Waals surface area contributed by atoms with Crippen molar-refractivity contribution in [3.05, 3.63) is 12.2 Å². The minimum Gasteiger partial charge on any atom is -0.463 e. The van der Waals surface area contributed by atoms with Gasteiger partial charge in [0.05, 0.1) is 13.2 Å². The second-order valence-corrected chi connectivity index (χ2v) is 3.79. The number of rotatable bonds is 11. The van der Waals surface area contributed by atoms with Crippen LogP contribution in [0, 0.1) is 0 Å². The van der Waals surface area contributed by atoms with Crippen molar-refractivity contribution in [2.75, 3.05) is 53.7 Å². The molecule has 0 fully saturated rings. The smallest absolute Gasteiger partial charge is 0.330 e. The third-order valence-corrected chi connectivity index (χ3v) is 2.34. The van der Waals surface area contributed by atoms with Gasteiger partial charge < -0.3 is 14.2 Å². The average molecular weight is 259 g/mol. The predicted molar refractivity (Wildman–Crippen MR) is 70.6 cm³/mol. The summed E-state index contributed by atoms with van der Waals surface area (Å²) in [6, 6.07) is 0. The molecule has 0 rings (SSSR count). The van der Waals surface area contributed by atoms with Gasteiger partial charge in [-0.2, -0.15) is 0 Å². The lowest BCUT2D eigenvalue weighted by atomic mass is 10.3. The fourth-order valence-electron chi connectivity index (χ4n) is 1.44. The molecule has 0 aromatic heterocycles. The SMILES string of the molecule is CCOC(=O)/C=C/CN(CCCOC)CCOC. The molecule has 18 heavy (non-hydrogen) atoms. The minimum absolute atomic E-state index is 0.291. The summed E-state index contributed by atoms with van der Waals surface area (Å²) in [6.07, 6.45) is 4.26. The lowest BCUT2D eigenvalue weighted by Gasteiger charge is -2.19. The van der Waals surface area contributed by atoms with Crippen LogP contribution < -0.4 is 0 Å². The van der Waals surface area contributed by atoms with Gasteiger partial charge in [-0.3, -0.25) is 4.90 Å². The number of nitrogens with zero attached hydrogens (tertiary/aromatic N) is 1. The summed E-state index contributed by atoms with van der Waals surface area (Å²) in [5.74, 6) is -0.291. The van der Waals surface area contributed by atoms with Crippen LogP contribution in [0.15, 0.2) is 12.2 Å². The van der Waals surface area contributed by atoms with Gasteiger partial charge in [0.15, 0.2) is 0 Å². The average Bonchev–Trinajstić information content (AvgIpc) is 2.36. The monoisotopic (exact) mass is 259 g/mol. The van der Waals surface area contributed by atoms with Gasteiger partial charge in [0, 0.05) is 46.5 Å². The zero-order valence-electron chi connectivity index (χ0n) is 11.7. The van der Waals surface area contributed by atoms with Crippen LogP contribution in [0.2, 0.25) is 0 Å². The van der Waals surface area contributed by atoms with Crippen LogP contribution in [0.1, 0.15) is 13.3 Å². The number of hydrogen-bond acceptors (Lipinski definition) is 5. The van der Waals surface area contributed by atoms with E-state index in [0.29, 0.717) is 19.8 Å². The standard InChI is InChI=1S/C13H25NO4/c1-4-18-13(15)7-5-8-14(10-12-17-3)9-6-11-16-2/h5,7H,4,6,8-12H2,1-3H3/b7-5+. The van der Waals surface area contributed by atoms with Gasteiger partial charge in [-0.15, -0.1) is 0 Å². The summed E-state index contributed by atoms with van der Waals surface area (Å²) in [5, 5.41) is 0. The second-order valence-electron chi connectivity index (χ2n) is 3.79. The largest absolute Gasteiger partial charge is 0.463 e. The summed E-state index contributed by atoms with van der Waals surface area (Å²) in [7, 11) is 3.38. The fraction of sp³-hybridized carbons (Fsp3) is 0.769. The molecule has 0 N–H and O–H groups in total. The van der Waals surface area contributed by atoms with Crippen LogP contribution in [-0.4, -0.2) is 64.5 Å². The predicted octanol–water partition coefficient (Wildman–Crippen LogP) is 1.09. The Kier molecular flexibility index (Phi) is 11.9. The lowest BCUT2D eigenvalue weighted by molar-refractivity contribution is -0.137. The van der Waals surface area contributed by atoms with Crippen molar-refractivity contribution < 1.29 is 19.0 Å². The molecule has 0 heterocycles. The molecule has 0 aromatic carbocycles. The van der Waals surface area contributed by atoms with E-state index in [4.69, 9.17) is 14.2 Å². The summed E-state index contributed by atoms with van der Waals surface area (Å²) >= 11 is 0. The third kappa shape index (κ3) is 10.3. The quantitative estimate of drug-likeness (QED) is 0.316. The Hall–Kier alpha value is -0.910. The van der Waals surface area contributed by atoms with Gasteiger partial charge >= 0.3 is 5.97 Å². The van der Waals surface area contributed by atoms with Crippen molar-refractivity contribution in [3.63, 3.8) is 0 Å². The minimum atomic E-state index is -0.291. The van der Waals surface area contributed by atoms with Gasteiger partial charge in [0.25, 0.3) is 0 Å². The Balaban J connectivity index is 3.93. The first kappa shape index (κ1) is 17.1. The van der Waals surface area contributed by atoms with E-state index in [-0.39, 0.29) is 5.97 Å². The van der Waals surface area contributed by atoms with Crippen molar-refractivity contribution in [1.82, 2.24) is 4.90 Å². The Morgan fingerprint density at radius 3 is 2.50 bits per heavy atom. The van der Waals surface area contributed by atoms with E-state index in [1.807, 2.05) is 6.08 Å². The molecule has 0 saturated heterocycles. The maximum atomic E-state index is 11.1. The highest BCUT2D eigenvalue weighted by Gasteiger charge is 2.02. The molecule has 0 aliphatic carbocycles. The summed E-state index contributed by atoms with van der Waals surface area (Å²) < 4.78 is 14.9. The van der Waals surface area contributed by atoms with Gasteiger partial charge in [-0.1, -0.05) is 6.08 Å². The first-order chi connectivity index (χ1) is 8.74. The first-order valence-electron chi connectivity index (χ1n) is 6.28. The van der Waals surface area contributed by atoms with Gasteiger partial charge in [-0.25, -0.2) is 4.79 Å². The molecule has 0 aliphatic rings. The van der Waals surface area contributed by atoms with Crippen molar-refractivity contribution in [2.24, 2.45) is 0 Å². The molecule has 0 radical (unpaired) electrons. The first-order valence-corrected chi connectivity index (χ1v) is 6.28. The van der Waals surface area contributed by atoms with Crippen molar-refractivity contribution in [3.8, 4) is 0 Å². The van der Waals surface area contributed by atoms with Gasteiger partial charge in [0.1, 0.15) is 0 Å². The van der Waals surface area contributed by atoms with E-state index in [0.717, 1.165) is 26.1 Å². The van der Waals surface area contributed by atoms with Crippen LogP contribution in [-0.2, 0) is 19.0 Å². The van der Waals surface area contributed by atoms with E-state index in [9.17, 15) is 4.79 Å². The lowest BCUT2D eigenvalue weighted by Crippen LogP contribution is -2.29. The number of hydrogen-bond donors (Lipinski definition) is 0. The Labute approximate surface area is 110 Å². The zero-order chi connectivity index (χ0) is 13.6. The molecule has 0 aromatic rings. The number of ether oxygens (including phenoxy) is 3. The van der Waals surface area contributed by atoms with Crippen molar-refractivity contribution in [1.29, 1.82) is 0 Å². The van der Waals surface area contributed by atoms with Gasteiger partial charge in [-0.05, 0) is 13.3 Å². The number of esters is 1. The molecule has 5 nitrogen and oxygen atoms in total. The van der Waals surface area contributed by atoms with E-state index < -0.39 is 0 Å². The second kappa shape index (κ2) is 12.5. The number of carbonyl (C=O) groups is 1. The van der Waals surface area contributed by atoms with Crippen LogP contribution in [0.3, 0.4) is 0 Å². The highest BCUT2D eigenvalue weighted by atomic mass is 16.5. The number of methoxy groups -OCH3 is 2. The van der Waals surface area contributed by atoms with Crippen LogP contribution >= 0.6 is 0 Å². The molecule has 0 aliphatic heterocycles. The van der Waals surface area contributed by atoms with Crippen molar-refractivity contribution in [2.45, 2.75) is 13.3 Å². The third-order valence-electron chi connectivity index (χ3n) is 2.34. The topological polar surface area (TPSA) is 48.0 Å². The molecule has 0 saturated carbocycles. The summed E-state index contributed by atoms with van der Waals surface area (Å²) in [6.45, 7) is 6.10. The molecule has 0 spiro atoms. The maximum Gasteiger partial charge on any atom is 0.330 e. The fourth-order valence-corrected chi connectivity index (χ4v) is 1.44. The maximum absolute atomic E-state index is 11.1. The van der Waals surface area contributed by atoms with E-state index in [1.165, 1.54) is 6.08 Å². The van der Waals surface area contributed by atoms with Crippen LogP contribution in [0.25, 0.3) is 0 Å². The molecule has 0 bridgehead atoms. The molecular weight excluding hydrogens is 234 g/mol.